The highest BCUT2D eigenvalue weighted by atomic mass is 32.2. The maximum absolute atomic E-state index is 11.6. The van der Waals surface area contributed by atoms with Gasteiger partial charge in [-0.3, -0.25) is 4.79 Å². The van der Waals surface area contributed by atoms with Crippen LogP contribution in [0.15, 0.2) is 39.8 Å². The summed E-state index contributed by atoms with van der Waals surface area (Å²) in [5.74, 6) is 0.967. The van der Waals surface area contributed by atoms with E-state index >= 15 is 0 Å². The van der Waals surface area contributed by atoms with Gasteiger partial charge in [0, 0.05) is 6.54 Å². The van der Waals surface area contributed by atoms with Crippen LogP contribution in [0.4, 0.5) is 5.13 Å². The molecule has 0 unspecified atom stereocenters. The van der Waals surface area contributed by atoms with Gasteiger partial charge in [-0.2, -0.15) is 0 Å². The Labute approximate surface area is 124 Å². The van der Waals surface area contributed by atoms with E-state index in [1.807, 2.05) is 6.07 Å². The minimum atomic E-state index is -0.0674. The average molecular weight is 310 g/mol. The first-order chi connectivity index (χ1) is 9.78. The van der Waals surface area contributed by atoms with Crippen molar-refractivity contribution in [1.29, 1.82) is 0 Å². The summed E-state index contributed by atoms with van der Waals surface area (Å²) in [4.78, 5) is 11.6. The maximum atomic E-state index is 11.6. The molecule has 8 heteroatoms. The Morgan fingerprint density at radius 3 is 3.20 bits per heavy atom. The molecule has 0 aromatic carbocycles. The third-order valence-corrected chi connectivity index (χ3v) is 4.18. The van der Waals surface area contributed by atoms with E-state index in [0.717, 1.165) is 15.2 Å². The lowest BCUT2D eigenvalue weighted by atomic mass is 10.4. The molecule has 2 rings (SSSR count). The summed E-state index contributed by atoms with van der Waals surface area (Å²) in [6.45, 7) is 4.65. The summed E-state index contributed by atoms with van der Waals surface area (Å²) in [7, 11) is 0. The van der Waals surface area contributed by atoms with Crippen molar-refractivity contribution in [3.05, 3.63) is 36.8 Å². The fraction of sp³-hybridized carbons (Fsp3) is 0.250. The molecule has 2 heterocycles. The number of anilines is 1. The van der Waals surface area contributed by atoms with E-state index in [9.17, 15) is 4.79 Å². The van der Waals surface area contributed by atoms with Crippen LogP contribution in [0.5, 0.6) is 0 Å². The lowest BCUT2D eigenvalue weighted by molar-refractivity contribution is -0.118. The molecule has 0 saturated carbocycles. The molecular formula is C12H14N4O2S2. The summed E-state index contributed by atoms with van der Waals surface area (Å²) in [5, 5.41) is 14.5. The second kappa shape index (κ2) is 7.71. The molecule has 0 saturated heterocycles. The Morgan fingerprint density at radius 1 is 1.55 bits per heavy atom. The summed E-state index contributed by atoms with van der Waals surface area (Å²) in [6, 6.07) is 3.60. The zero-order valence-corrected chi connectivity index (χ0v) is 12.3. The fourth-order valence-corrected chi connectivity index (χ4v) is 2.86. The number of rotatable bonds is 8. The normalized spacial score (nSPS) is 10.2. The monoisotopic (exact) mass is 310 g/mol. The number of carbonyl (C=O) groups is 1. The molecule has 2 aromatic rings. The Morgan fingerprint density at radius 2 is 2.45 bits per heavy atom. The average Bonchev–Trinajstić information content (AvgIpc) is 3.12. The van der Waals surface area contributed by atoms with E-state index in [1.54, 1.807) is 18.4 Å². The molecule has 0 bridgehead atoms. The Balaban J connectivity index is 1.70. The zero-order chi connectivity index (χ0) is 14.2. The predicted octanol–water partition coefficient (Wildman–Crippen LogP) is 2.14. The van der Waals surface area contributed by atoms with Crippen molar-refractivity contribution >= 4 is 34.1 Å². The van der Waals surface area contributed by atoms with Crippen molar-refractivity contribution in [3.63, 3.8) is 0 Å². The van der Waals surface area contributed by atoms with Gasteiger partial charge in [-0.1, -0.05) is 29.2 Å². The molecular weight excluding hydrogens is 296 g/mol. The van der Waals surface area contributed by atoms with E-state index < -0.39 is 0 Å². The SMILES string of the molecule is C=CCNc1nnc(SCC(=O)NCc2ccco2)s1. The van der Waals surface area contributed by atoms with Gasteiger partial charge in [0.2, 0.25) is 11.0 Å². The first-order valence-electron chi connectivity index (χ1n) is 5.88. The Bertz CT molecular complexity index is 554. The molecule has 2 N–H and O–H groups in total. The van der Waals surface area contributed by atoms with Crippen molar-refractivity contribution in [2.45, 2.75) is 10.9 Å². The molecule has 1 amide bonds. The van der Waals surface area contributed by atoms with Crippen LogP contribution in [0.2, 0.25) is 0 Å². The van der Waals surface area contributed by atoms with Crippen molar-refractivity contribution in [3.8, 4) is 0 Å². The number of carbonyl (C=O) groups excluding carboxylic acids is 1. The molecule has 0 atom stereocenters. The van der Waals surface area contributed by atoms with Gasteiger partial charge in [-0.15, -0.1) is 16.8 Å². The second-order valence-corrected chi connectivity index (χ2v) is 5.89. The van der Waals surface area contributed by atoms with Crippen LogP contribution in [-0.2, 0) is 11.3 Å². The fourth-order valence-electron chi connectivity index (χ4n) is 1.28. The Hall–Kier alpha value is -1.80. The van der Waals surface area contributed by atoms with Crippen LogP contribution in [0.25, 0.3) is 0 Å². The zero-order valence-electron chi connectivity index (χ0n) is 10.7. The molecule has 0 aliphatic rings. The summed E-state index contributed by atoms with van der Waals surface area (Å²) < 4.78 is 5.88. The van der Waals surface area contributed by atoms with E-state index in [0.29, 0.717) is 18.8 Å². The molecule has 2 aromatic heterocycles. The van der Waals surface area contributed by atoms with Crippen LogP contribution in [0.3, 0.4) is 0 Å². The molecule has 0 aliphatic carbocycles. The third-order valence-electron chi connectivity index (χ3n) is 2.17. The third kappa shape index (κ3) is 4.71. The lowest BCUT2D eigenvalue weighted by Crippen LogP contribution is -2.24. The molecule has 106 valence electrons. The van der Waals surface area contributed by atoms with Gasteiger partial charge in [0.1, 0.15) is 5.76 Å². The van der Waals surface area contributed by atoms with E-state index in [-0.39, 0.29) is 5.91 Å². The van der Waals surface area contributed by atoms with Gasteiger partial charge in [-0.25, -0.2) is 0 Å². The number of furan rings is 1. The number of amides is 1. The van der Waals surface area contributed by atoms with E-state index in [2.05, 4.69) is 27.4 Å². The second-order valence-electron chi connectivity index (χ2n) is 3.69. The van der Waals surface area contributed by atoms with Crippen molar-refractivity contribution in [2.75, 3.05) is 17.6 Å². The number of hydrogen-bond donors (Lipinski definition) is 2. The Kier molecular flexibility index (Phi) is 5.63. The highest BCUT2D eigenvalue weighted by Gasteiger charge is 2.08. The number of nitrogens with one attached hydrogen (secondary N) is 2. The van der Waals surface area contributed by atoms with Crippen molar-refractivity contribution < 1.29 is 9.21 Å². The predicted molar refractivity (Wildman–Crippen MR) is 79.9 cm³/mol. The summed E-state index contributed by atoms with van der Waals surface area (Å²) in [5.41, 5.74) is 0. The minimum absolute atomic E-state index is 0.0674. The van der Waals surface area contributed by atoms with E-state index in [4.69, 9.17) is 4.42 Å². The van der Waals surface area contributed by atoms with Gasteiger partial charge in [0.15, 0.2) is 4.34 Å². The highest BCUT2D eigenvalue weighted by Crippen LogP contribution is 2.24. The highest BCUT2D eigenvalue weighted by molar-refractivity contribution is 8.01. The first kappa shape index (κ1) is 14.6. The molecule has 0 spiro atoms. The first-order valence-corrected chi connectivity index (χ1v) is 7.68. The quantitative estimate of drug-likeness (QED) is 0.574. The molecule has 0 radical (unpaired) electrons. The largest absolute Gasteiger partial charge is 0.467 e. The van der Waals surface area contributed by atoms with Gasteiger partial charge in [0.05, 0.1) is 18.6 Å². The minimum Gasteiger partial charge on any atom is -0.467 e. The number of nitrogens with zero attached hydrogens (tertiary/aromatic N) is 2. The molecule has 0 fully saturated rings. The van der Waals surface area contributed by atoms with Gasteiger partial charge >= 0.3 is 0 Å². The smallest absolute Gasteiger partial charge is 0.230 e. The van der Waals surface area contributed by atoms with Crippen LogP contribution in [-0.4, -0.2) is 28.4 Å². The van der Waals surface area contributed by atoms with Crippen LogP contribution >= 0.6 is 23.1 Å². The van der Waals surface area contributed by atoms with Crippen molar-refractivity contribution in [1.82, 2.24) is 15.5 Å². The van der Waals surface area contributed by atoms with Gasteiger partial charge < -0.3 is 15.1 Å². The maximum Gasteiger partial charge on any atom is 0.230 e. The molecule has 0 aliphatic heterocycles. The van der Waals surface area contributed by atoms with Crippen LogP contribution < -0.4 is 10.6 Å². The number of thioether (sulfide) groups is 1. The lowest BCUT2D eigenvalue weighted by Gasteiger charge is -2.01. The molecule has 20 heavy (non-hydrogen) atoms. The summed E-state index contributed by atoms with van der Waals surface area (Å²) in [6.07, 6.45) is 3.32. The number of aromatic nitrogens is 2. The van der Waals surface area contributed by atoms with E-state index in [1.165, 1.54) is 23.1 Å². The topological polar surface area (TPSA) is 80.0 Å². The van der Waals surface area contributed by atoms with Crippen LogP contribution in [0.1, 0.15) is 5.76 Å². The number of hydrogen-bond acceptors (Lipinski definition) is 7. The van der Waals surface area contributed by atoms with Crippen molar-refractivity contribution in [2.24, 2.45) is 0 Å². The van der Waals surface area contributed by atoms with Gasteiger partial charge in [-0.05, 0) is 12.1 Å². The standard InChI is InChI=1S/C12H14N4O2S2/c1-2-5-13-11-15-16-12(20-11)19-8-10(17)14-7-9-4-3-6-18-9/h2-4,6H,1,5,7-8H2,(H,13,15)(H,14,17). The van der Waals surface area contributed by atoms with Gasteiger partial charge in [0.25, 0.3) is 0 Å². The molecule has 6 nitrogen and oxygen atoms in total. The summed E-state index contributed by atoms with van der Waals surface area (Å²) >= 11 is 2.77. The van der Waals surface area contributed by atoms with Crippen LogP contribution in [0, 0.1) is 0 Å².